The zero-order valence-corrected chi connectivity index (χ0v) is 11.3. The highest BCUT2D eigenvalue weighted by Crippen LogP contribution is 2.12. The van der Waals surface area contributed by atoms with Gasteiger partial charge < -0.3 is 0 Å². The van der Waals surface area contributed by atoms with E-state index in [0.717, 1.165) is 6.26 Å². The highest BCUT2D eigenvalue weighted by atomic mass is 32.2. The first-order chi connectivity index (χ1) is 8.86. The maximum Gasteiger partial charge on any atom is 0.182 e. The molecule has 0 saturated heterocycles. The van der Waals surface area contributed by atoms with Crippen molar-refractivity contribution in [3.05, 3.63) is 35.7 Å². The van der Waals surface area contributed by atoms with E-state index >= 15 is 0 Å². The van der Waals surface area contributed by atoms with Crippen LogP contribution in [0.25, 0.3) is 0 Å². The van der Waals surface area contributed by atoms with Crippen LogP contribution in [-0.2, 0) is 23.3 Å². The number of benzene rings is 1. The van der Waals surface area contributed by atoms with Gasteiger partial charge in [0.15, 0.2) is 21.4 Å². The molecule has 0 aliphatic heterocycles. The van der Waals surface area contributed by atoms with Crippen LogP contribution in [0.1, 0.15) is 16.2 Å². The lowest BCUT2D eigenvalue weighted by atomic mass is 10.1. The van der Waals surface area contributed by atoms with Crippen molar-refractivity contribution in [3.8, 4) is 0 Å². The molecule has 0 aliphatic carbocycles. The minimum Gasteiger partial charge on any atom is -0.294 e. The Labute approximate surface area is 110 Å². The second kappa shape index (κ2) is 4.88. The van der Waals surface area contributed by atoms with Gasteiger partial charge in [0.1, 0.15) is 0 Å². The molecule has 2 aromatic rings. The quantitative estimate of drug-likeness (QED) is 0.734. The van der Waals surface area contributed by atoms with E-state index in [9.17, 15) is 13.2 Å². The Kier molecular flexibility index (Phi) is 3.43. The molecular formula is C11H12N4O3S. The van der Waals surface area contributed by atoms with Crippen molar-refractivity contribution in [1.29, 1.82) is 0 Å². The monoisotopic (exact) mass is 280 g/mol. The number of sulfone groups is 1. The van der Waals surface area contributed by atoms with E-state index in [1.807, 2.05) is 0 Å². The lowest BCUT2D eigenvalue weighted by Crippen LogP contribution is -2.07. The summed E-state index contributed by atoms with van der Waals surface area (Å²) in [5.41, 5.74) is 0.315. The molecule has 0 atom stereocenters. The van der Waals surface area contributed by atoms with Gasteiger partial charge >= 0.3 is 0 Å². The molecule has 1 heterocycles. The number of aryl methyl sites for hydroxylation is 1. The van der Waals surface area contributed by atoms with Crippen molar-refractivity contribution in [2.24, 2.45) is 7.05 Å². The van der Waals surface area contributed by atoms with Gasteiger partial charge in [-0.2, -0.15) is 4.80 Å². The molecule has 0 spiro atoms. The summed E-state index contributed by atoms with van der Waals surface area (Å²) in [5, 5.41) is 11.2. The smallest absolute Gasteiger partial charge is 0.182 e. The van der Waals surface area contributed by atoms with Crippen molar-refractivity contribution >= 4 is 15.6 Å². The summed E-state index contributed by atoms with van der Waals surface area (Å²) in [4.78, 5) is 13.4. The third-order valence-corrected chi connectivity index (χ3v) is 3.56. The van der Waals surface area contributed by atoms with E-state index in [4.69, 9.17) is 0 Å². The van der Waals surface area contributed by atoms with Crippen LogP contribution in [0.4, 0.5) is 0 Å². The van der Waals surface area contributed by atoms with E-state index in [1.165, 1.54) is 23.0 Å². The Balaban J connectivity index is 2.25. The normalized spacial score (nSPS) is 11.5. The molecule has 0 unspecified atom stereocenters. The third-order valence-electron chi connectivity index (χ3n) is 2.45. The maximum atomic E-state index is 12.0. The first-order valence-corrected chi connectivity index (χ1v) is 7.31. The number of ketones is 1. The highest BCUT2D eigenvalue weighted by molar-refractivity contribution is 7.90. The van der Waals surface area contributed by atoms with Gasteiger partial charge in [-0.05, 0) is 17.3 Å². The number of rotatable bonds is 4. The minimum absolute atomic E-state index is 0.0128. The van der Waals surface area contributed by atoms with Gasteiger partial charge in [0.2, 0.25) is 0 Å². The van der Waals surface area contributed by atoms with Crippen molar-refractivity contribution < 1.29 is 13.2 Å². The summed E-state index contributed by atoms with van der Waals surface area (Å²) >= 11 is 0. The fraction of sp³-hybridized carbons (Fsp3) is 0.273. The zero-order valence-electron chi connectivity index (χ0n) is 10.4. The summed E-state index contributed by atoms with van der Waals surface area (Å²) in [6.45, 7) is 0. The van der Waals surface area contributed by atoms with Crippen molar-refractivity contribution in [3.63, 3.8) is 0 Å². The largest absolute Gasteiger partial charge is 0.294 e. The number of nitrogens with zero attached hydrogens (tertiary/aromatic N) is 4. The van der Waals surface area contributed by atoms with Crippen LogP contribution in [0.5, 0.6) is 0 Å². The number of Topliss-reactive ketones (excluding diaryl/α,β-unsaturated/α-hetero) is 1. The lowest BCUT2D eigenvalue weighted by molar-refractivity contribution is 0.0990. The van der Waals surface area contributed by atoms with Gasteiger partial charge in [0.05, 0.1) is 18.4 Å². The fourth-order valence-electron chi connectivity index (χ4n) is 1.54. The van der Waals surface area contributed by atoms with Gasteiger partial charge in [-0.1, -0.05) is 12.1 Å². The molecular weight excluding hydrogens is 268 g/mol. The molecule has 0 bridgehead atoms. The van der Waals surface area contributed by atoms with Gasteiger partial charge in [-0.3, -0.25) is 4.79 Å². The molecule has 0 radical (unpaired) electrons. The van der Waals surface area contributed by atoms with Crippen molar-refractivity contribution in [2.75, 3.05) is 6.26 Å². The Morgan fingerprint density at radius 3 is 2.68 bits per heavy atom. The minimum atomic E-state index is -3.33. The Morgan fingerprint density at radius 1 is 1.37 bits per heavy atom. The molecule has 100 valence electrons. The maximum absolute atomic E-state index is 12.0. The van der Waals surface area contributed by atoms with Crippen LogP contribution in [0, 0.1) is 0 Å². The molecule has 1 aromatic carbocycles. The van der Waals surface area contributed by atoms with E-state index in [-0.39, 0.29) is 17.1 Å². The second-order valence-electron chi connectivity index (χ2n) is 4.10. The SMILES string of the molecule is Cn1nnc(CC(=O)c2cccc(S(C)(=O)=O)c2)n1. The Morgan fingerprint density at radius 2 is 2.11 bits per heavy atom. The van der Waals surface area contributed by atoms with E-state index in [1.54, 1.807) is 13.1 Å². The van der Waals surface area contributed by atoms with E-state index in [2.05, 4.69) is 15.4 Å². The van der Waals surface area contributed by atoms with Crippen LogP contribution in [0.15, 0.2) is 29.2 Å². The summed E-state index contributed by atoms with van der Waals surface area (Å²) in [6.07, 6.45) is 1.09. The van der Waals surface area contributed by atoms with Gasteiger partial charge in [-0.25, -0.2) is 8.42 Å². The average molecular weight is 280 g/mol. The van der Waals surface area contributed by atoms with Crippen molar-refractivity contribution in [1.82, 2.24) is 20.2 Å². The number of aromatic nitrogens is 4. The topological polar surface area (TPSA) is 94.8 Å². The average Bonchev–Trinajstić information content (AvgIpc) is 2.74. The highest BCUT2D eigenvalue weighted by Gasteiger charge is 2.14. The van der Waals surface area contributed by atoms with Crippen LogP contribution >= 0.6 is 0 Å². The number of tetrazole rings is 1. The van der Waals surface area contributed by atoms with Crippen molar-refractivity contribution in [2.45, 2.75) is 11.3 Å². The molecule has 0 saturated carbocycles. The van der Waals surface area contributed by atoms with Gasteiger partial charge in [0.25, 0.3) is 0 Å². The number of carbonyl (C=O) groups excluding carboxylic acids is 1. The third kappa shape index (κ3) is 3.22. The number of carbonyl (C=O) groups is 1. The molecule has 19 heavy (non-hydrogen) atoms. The summed E-state index contributed by atoms with van der Waals surface area (Å²) in [5.74, 6) is 0.0516. The predicted octanol–water partition coefficient (Wildman–Crippen LogP) is 0.0390. The first kappa shape index (κ1) is 13.3. The molecule has 0 amide bonds. The van der Waals surface area contributed by atoms with Crippen LogP contribution < -0.4 is 0 Å². The van der Waals surface area contributed by atoms with Crippen LogP contribution in [0.2, 0.25) is 0 Å². The van der Waals surface area contributed by atoms with E-state index in [0.29, 0.717) is 11.4 Å². The predicted molar refractivity (Wildman–Crippen MR) is 66.4 cm³/mol. The molecule has 1 aromatic heterocycles. The molecule has 0 fully saturated rings. The first-order valence-electron chi connectivity index (χ1n) is 5.42. The molecule has 8 heteroatoms. The lowest BCUT2D eigenvalue weighted by Gasteiger charge is -2.01. The summed E-state index contributed by atoms with van der Waals surface area (Å²) in [7, 11) is -1.73. The molecule has 7 nitrogen and oxygen atoms in total. The van der Waals surface area contributed by atoms with E-state index < -0.39 is 9.84 Å². The number of hydrogen-bond acceptors (Lipinski definition) is 6. The standard InChI is InChI=1S/C11H12N4O3S/c1-15-13-11(12-14-15)7-10(16)8-4-3-5-9(6-8)19(2,17)18/h3-6H,7H2,1-2H3. The molecule has 0 aliphatic rings. The van der Waals surface area contributed by atoms with Gasteiger partial charge in [0, 0.05) is 11.8 Å². The van der Waals surface area contributed by atoms with Crippen LogP contribution in [0.3, 0.4) is 0 Å². The zero-order chi connectivity index (χ0) is 14.0. The van der Waals surface area contributed by atoms with Gasteiger partial charge in [-0.15, -0.1) is 10.2 Å². The summed E-state index contributed by atoms with van der Waals surface area (Å²) < 4.78 is 22.8. The summed E-state index contributed by atoms with van der Waals surface area (Å²) in [6, 6.07) is 5.90. The Hall–Kier alpha value is -2.09. The number of hydrogen-bond donors (Lipinski definition) is 0. The molecule has 2 rings (SSSR count). The second-order valence-corrected chi connectivity index (χ2v) is 6.11. The van der Waals surface area contributed by atoms with Crippen LogP contribution in [-0.4, -0.2) is 40.7 Å². The Bertz CT molecular complexity index is 721. The molecule has 0 N–H and O–H groups in total. The fourth-order valence-corrected chi connectivity index (χ4v) is 2.21.